The van der Waals surface area contributed by atoms with Gasteiger partial charge in [0.25, 0.3) is 0 Å². The van der Waals surface area contributed by atoms with Crippen LogP contribution in [0.4, 0.5) is 0 Å². The van der Waals surface area contributed by atoms with Crippen LogP contribution in [-0.2, 0) is 0 Å². The van der Waals surface area contributed by atoms with E-state index in [-0.39, 0.29) is 10.6 Å². The van der Waals surface area contributed by atoms with Gasteiger partial charge in [-0.15, -0.1) is 0 Å². The summed E-state index contributed by atoms with van der Waals surface area (Å²) < 4.78 is 5.49. The van der Waals surface area contributed by atoms with Gasteiger partial charge in [-0.25, -0.2) is 4.79 Å². The molecule has 0 atom stereocenters. The maximum atomic E-state index is 10.8. The quantitative estimate of drug-likeness (QED) is 0.925. The fraction of sp³-hybridized carbons (Fsp3) is 0. The first-order valence-electron chi connectivity index (χ1n) is 5.31. The first kappa shape index (κ1) is 12.9. The number of carboxylic acids is 1. The van der Waals surface area contributed by atoms with Crippen molar-refractivity contribution in [1.82, 2.24) is 0 Å². The van der Waals surface area contributed by atoms with Gasteiger partial charge in [0.15, 0.2) is 0 Å². The van der Waals surface area contributed by atoms with E-state index in [2.05, 4.69) is 0 Å². The molecule has 0 saturated heterocycles. The van der Waals surface area contributed by atoms with Crippen molar-refractivity contribution in [2.24, 2.45) is 0 Å². The number of halogens is 1. The first-order valence-corrected chi connectivity index (χ1v) is 5.69. The molecule has 2 aromatic rings. The molecule has 2 rings (SSSR count). The van der Waals surface area contributed by atoms with Gasteiger partial charge in [-0.3, -0.25) is 0 Å². The second-order valence-electron chi connectivity index (χ2n) is 3.69. The monoisotopic (exact) mass is 273 g/mol. The smallest absolute Gasteiger partial charge is 0.335 e. The zero-order chi connectivity index (χ0) is 13.8. The maximum Gasteiger partial charge on any atom is 0.335 e. The number of nitrogens with zero attached hydrogens (tertiary/aromatic N) is 1. The molecule has 0 bridgehead atoms. The molecule has 0 unspecified atom stereocenters. The summed E-state index contributed by atoms with van der Waals surface area (Å²) in [6.07, 6.45) is 0. The average Bonchev–Trinajstić information content (AvgIpc) is 2.39. The minimum Gasteiger partial charge on any atom is -0.478 e. The predicted octanol–water partition coefficient (Wildman–Crippen LogP) is 3.70. The Morgan fingerprint density at radius 3 is 2.58 bits per heavy atom. The van der Waals surface area contributed by atoms with E-state index in [1.54, 1.807) is 24.3 Å². The molecule has 0 aliphatic carbocycles. The third-order valence-corrected chi connectivity index (χ3v) is 2.69. The predicted molar refractivity (Wildman–Crippen MR) is 69.6 cm³/mol. The van der Waals surface area contributed by atoms with Crippen molar-refractivity contribution in [2.45, 2.75) is 0 Å². The van der Waals surface area contributed by atoms with Crippen LogP contribution >= 0.6 is 11.6 Å². The second-order valence-corrected chi connectivity index (χ2v) is 4.10. The molecule has 0 aromatic heterocycles. The van der Waals surface area contributed by atoms with E-state index in [0.717, 1.165) is 0 Å². The van der Waals surface area contributed by atoms with Crippen molar-refractivity contribution in [3.8, 4) is 17.6 Å². The van der Waals surface area contributed by atoms with Crippen molar-refractivity contribution in [3.05, 3.63) is 58.6 Å². The van der Waals surface area contributed by atoms with Gasteiger partial charge in [-0.1, -0.05) is 17.7 Å². The lowest BCUT2D eigenvalue weighted by molar-refractivity contribution is 0.0696. The Bertz CT molecular complexity index is 677. The minimum absolute atomic E-state index is 0.136. The summed E-state index contributed by atoms with van der Waals surface area (Å²) in [6.45, 7) is 0. The summed E-state index contributed by atoms with van der Waals surface area (Å²) >= 11 is 5.88. The zero-order valence-corrected chi connectivity index (χ0v) is 10.4. The summed E-state index contributed by atoms with van der Waals surface area (Å²) in [4.78, 5) is 10.8. The number of benzene rings is 2. The van der Waals surface area contributed by atoms with E-state index in [1.807, 2.05) is 6.07 Å². The van der Waals surface area contributed by atoms with Gasteiger partial charge in [0.1, 0.15) is 17.6 Å². The van der Waals surface area contributed by atoms with Crippen LogP contribution in [0.2, 0.25) is 5.02 Å². The van der Waals surface area contributed by atoms with Gasteiger partial charge in [0, 0.05) is 6.07 Å². The number of carbonyl (C=O) groups is 1. The SMILES string of the molecule is N#Cc1ccc(Oc2cccc(C(=O)O)c2)cc1Cl. The van der Waals surface area contributed by atoms with Crippen LogP contribution in [0.3, 0.4) is 0 Å². The van der Waals surface area contributed by atoms with Gasteiger partial charge < -0.3 is 9.84 Å². The van der Waals surface area contributed by atoms with Crippen molar-refractivity contribution in [2.75, 3.05) is 0 Å². The Morgan fingerprint density at radius 2 is 1.95 bits per heavy atom. The number of aromatic carboxylic acids is 1. The molecule has 5 heteroatoms. The summed E-state index contributed by atoms with van der Waals surface area (Å²) in [5, 5.41) is 17.9. The van der Waals surface area contributed by atoms with Gasteiger partial charge in [-0.05, 0) is 30.3 Å². The highest BCUT2D eigenvalue weighted by Gasteiger charge is 2.06. The lowest BCUT2D eigenvalue weighted by atomic mass is 10.2. The number of ether oxygens (including phenoxy) is 1. The van der Waals surface area contributed by atoms with Crippen LogP contribution in [0.5, 0.6) is 11.5 Å². The number of hydrogen-bond acceptors (Lipinski definition) is 3. The largest absolute Gasteiger partial charge is 0.478 e. The standard InChI is InChI=1S/C14H8ClNO3/c15-13-7-12(5-4-10(13)8-16)19-11-3-1-2-9(6-11)14(17)18/h1-7H,(H,17,18). The Hall–Kier alpha value is -2.51. The molecule has 0 saturated carbocycles. The van der Waals surface area contributed by atoms with Crippen LogP contribution < -0.4 is 4.74 Å². The van der Waals surface area contributed by atoms with E-state index >= 15 is 0 Å². The lowest BCUT2D eigenvalue weighted by Gasteiger charge is -2.07. The van der Waals surface area contributed by atoms with Crippen LogP contribution in [0, 0.1) is 11.3 Å². The van der Waals surface area contributed by atoms with Crippen LogP contribution in [0.1, 0.15) is 15.9 Å². The summed E-state index contributed by atoms with van der Waals surface area (Å²) in [5.74, 6) is -0.199. The van der Waals surface area contributed by atoms with E-state index in [1.165, 1.54) is 18.2 Å². The molecule has 4 nitrogen and oxygen atoms in total. The van der Waals surface area contributed by atoms with E-state index in [4.69, 9.17) is 26.7 Å². The summed E-state index contributed by atoms with van der Waals surface area (Å²) in [5.41, 5.74) is 0.491. The molecule has 0 aliphatic heterocycles. The van der Waals surface area contributed by atoms with Crippen LogP contribution in [-0.4, -0.2) is 11.1 Å². The highest BCUT2D eigenvalue weighted by atomic mass is 35.5. The zero-order valence-electron chi connectivity index (χ0n) is 9.63. The molecule has 0 spiro atoms. The summed E-state index contributed by atoms with van der Waals surface area (Å²) in [6, 6.07) is 12.7. The van der Waals surface area contributed by atoms with E-state index in [0.29, 0.717) is 17.1 Å². The van der Waals surface area contributed by atoms with Crippen LogP contribution in [0.25, 0.3) is 0 Å². The topological polar surface area (TPSA) is 70.3 Å². The molecular weight excluding hydrogens is 266 g/mol. The maximum absolute atomic E-state index is 10.8. The molecule has 0 amide bonds. The Kier molecular flexibility index (Phi) is 3.69. The lowest BCUT2D eigenvalue weighted by Crippen LogP contribution is -1.96. The fourth-order valence-corrected chi connectivity index (χ4v) is 1.69. The normalized spacial score (nSPS) is 9.68. The fourth-order valence-electron chi connectivity index (χ4n) is 1.48. The molecule has 0 radical (unpaired) electrons. The van der Waals surface area contributed by atoms with Crippen molar-refractivity contribution >= 4 is 17.6 Å². The highest BCUT2D eigenvalue weighted by molar-refractivity contribution is 6.31. The molecule has 19 heavy (non-hydrogen) atoms. The molecule has 0 aliphatic rings. The van der Waals surface area contributed by atoms with Gasteiger partial charge >= 0.3 is 5.97 Å². The Balaban J connectivity index is 2.26. The molecule has 1 N–H and O–H groups in total. The average molecular weight is 274 g/mol. The molecule has 0 fully saturated rings. The van der Waals surface area contributed by atoms with Crippen molar-refractivity contribution < 1.29 is 14.6 Å². The first-order chi connectivity index (χ1) is 9.10. The van der Waals surface area contributed by atoms with Gasteiger partial charge in [0.2, 0.25) is 0 Å². The van der Waals surface area contributed by atoms with E-state index in [9.17, 15) is 4.79 Å². The minimum atomic E-state index is -1.02. The van der Waals surface area contributed by atoms with Crippen LogP contribution in [0.15, 0.2) is 42.5 Å². The molecule has 2 aromatic carbocycles. The Labute approximate surface area is 114 Å². The second kappa shape index (κ2) is 5.42. The highest BCUT2D eigenvalue weighted by Crippen LogP contribution is 2.26. The van der Waals surface area contributed by atoms with Crippen molar-refractivity contribution in [1.29, 1.82) is 5.26 Å². The third-order valence-electron chi connectivity index (χ3n) is 2.38. The summed E-state index contributed by atoms with van der Waals surface area (Å²) in [7, 11) is 0. The Morgan fingerprint density at radius 1 is 1.21 bits per heavy atom. The number of hydrogen-bond donors (Lipinski definition) is 1. The number of nitriles is 1. The molecular formula is C14H8ClNO3. The van der Waals surface area contributed by atoms with Gasteiger partial charge in [-0.2, -0.15) is 5.26 Å². The van der Waals surface area contributed by atoms with Gasteiger partial charge in [0.05, 0.1) is 16.1 Å². The van der Waals surface area contributed by atoms with E-state index < -0.39 is 5.97 Å². The third kappa shape index (κ3) is 3.03. The van der Waals surface area contributed by atoms with Crippen molar-refractivity contribution in [3.63, 3.8) is 0 Å². The molecule has 94 valence electrons. The number of rotatable bonds is 3. The molecule has 0 heterocycles. The number of carboxylic acid groups (broad SMARTS) is 1.